The fraction of sp³-hybridized carbons (Fsp3) is 0.250. The molecule has 1 amide bonds. The van der Waals surface area contributed by atoms with Crippen LogP contribution in [0.15, 0.2) is 72.9 Å². The Morgan fingerprint density at radius 3 is 2.14 bits per heavy atom. The highest BCUT2D eigenvalue weighted by Gasteiger charge is 2.34. The number of allylic oxidation sites excluding steroid dienone is 1. The van der Waals surface area contributed by atoms with Gasteiger partial charge >= 0.3 is 0 Å². The lowest BCUT2D eigenvalue weighted by Gasteiger charge is -2.30. The summed E-state index contributed by atoms with van der Waals surface area (Å²) in [5.41, 5.74) is 11.8. The minimum atomic E-state index is -1.15. The van der Waals surface area contributed by atoms with E-state index in [4.69, 9.17) is 40.5 Å². The van der Waals surface area contributed by atoms with Gasteiger partial charge in [-0.3, -0.25) is 4.79 Å². The Bertz CT molecular complexity index is 1160. The van der Waals surface area contributed by atoms with Crippen molar-refractivity contribution < 1.29 is 4.79 Å². The van der Waals surface area contributed by atoms with E-state index >= 15 is 0 Å². The van der Waals surface area contributed by atoms with Crippen LogP contribution in [0, 0.1) is 13.8 Å². The molecule has 186 valence electrons. The molecule has 1 atom stereocenters. The summed E-state index contributed by atoms with van der Waals surface area (Å²) in [5, 5.41) is 6.53. The lowest BCUT2D eigenvalue weighted by Crippen LogP contribution is -2.25. The van der Waals surface area contributed by atoms with E-state index in [2.05, 4.69) is 17.2 Å². The molecule has 0 saturated carbocycles. The molecule has 35 heavy (non-hydrogen) atoms. The molecule has 1 unspecified atom stereocenters. The number of rotatable bonds is 7. The number of nitrogen functional groups attached to an aromatic ring is 1. The molecule has 0 aliphatic carbocycles. The van der Waals surface area contributed by atoms with E-state index in [-0.39, 0.29) is 5.91 Å². The first-order chi connectivity index (χ1) is 16.4. The Labute approximate surface area is 223 Å². The number of hydrogen-bond donors (Lipinski definition) is 3. The number of benzene rings is 3. The van der Waals surface area contributed by atoms with Gasteiger partial charge in [-0.15, -0.1) is 23.2 Å². The summed E-state index contributed by atoms with van der Waals surface area (Å²) in [6.07, 6.45) is 0. The Morgan fingerprint density at radius 2 is 1.57 bits per heavy atom. The van der Waals surface area contributed by atoms with Crippen LogP contribution in [0.5, 0.6) is 0 Å². The molecule has 0 aliphatic rings. The lowest BCUT2D eigenvalue weighted by molar-refractivity contribution is 0.102. The van der Waals surface area contributed by atoms with E-state index in [1.54, 1.807) is 37.3 Å². The van der Waals surface area contributed by atoms with Crippen LogP contribution in [0.1, 0.15) is 53.7 Å². The largest absolute Gasteiger partial charge is 0.399 e. The molecule has 0 spiro atoms. The second-order valence-electron chi connectivity index (χ2n) is 8.23. The van der Waals surface area contributed by atoms with Crippen LogP contribution >= 0.6 is 34.8 Å². The average molecular weight is 533 g/mol. The number of amides is 1. The van der Waals surface area contributed by atoms with Crippen LogP contribution in [0.25, 0.3) is 0 Å². The summed E-state index contributed by atoms with van der Waals surface area (Å²) in [4.78, 5) is 12.6. The smallest absolute Gasteiger partial charge is 0.255 e. The van der Waals surface area contributed by atoms with E-state index in [0.717, 1.165) is 16.7 Å². The summed E-state index contributed by atoms with van der Waals surface area (Å²) in [5.74, 6) is -0.709. The zero-order valence-corrected chi connectivity index (χ0v) is 22.9. The minimum absolute atomic E-state index is 0.255. The zero-order valence-electron chi connectivity index (χ0n) is 20.7. The number of nitrogens with two attached hydrogens (primary N) is 1. The fourth-order valence-electron chi connectivity index (χ4n) is 3.67. The van der Waals surface area contributed by atoms with Gasteiger partial charge in [0.05, 0.1) is 16.6 Å². The standard InChI is InChI=1S/C26H26Cl3N3O.C2H6/c1-15-5-7-18(8-6-15)25(33)32-23-14-21(9-10-22(23)27)31-17(3)24(26(4,28)29)19-11-16(2)12-20(30)13-19;1-2/h5-14,24,31H,3,30H2,1-2,4H3,(H,32,33);1-2H3. The highest BCUT2D eigenvalue weighted by molar-refractivity contribution is 6.48. The summed E-state index contributed by atoms with van der Waals surface area (Å²) in [6.45, 7) is 13.8. The molecule has 0 bridgehead atoms. The molecule has 3 aromatic rings. The van der Waals surface area contributed by atoms with E-state index in [9.17, 15) is 4.79 Å². The van der Waals surface area contributed by atoms with Gasteiger partial charge in [0, 0.05) is 22.6 Å². The van der Waals surface area contributed by atoms with E-state index in [1.165, 1.54) is 0 Å². The third-order valence-corrected chi connectivity index (χ3v) is 5.91. The molecule has 3 aromatic carbocycles. The van der Waals surface area contributed by atoms with Crippen LogP contribution in [0.4, 0.5) is 17.1 Å². The quantitative estimate of drug-likeness (QED) is 0.210. The molecule has 0 heterocycles. The molecule has 0 aromatic heterocycles. The molecule has 4 nitrogen and oxygen atoms in total. The van der Waals surface area contributed by atoms with Gasteiger partial charge in [0.25, 0.3) is 5.91 Å². The number of anilines is 3. The summed E-state index contributed by atoms with van der Waals surface area (Å²) in [6, 6.07) is 18.2. The molecule has 0 saturated heterocycles. The van der Waals surface area contributed by atoms with Crippen molar-refractivity contribution in [1.82, 2.24) is 0 Å². The minimum Gasteiger partial charge on any atom is -0.399 e. The number of nitrogens with one attached hydrogen (secondary N) is 2. The van der Waals surface area contributed by atoms with Crippen LogP contribution in [0.3, 0.4) is 0 Å². The number of hydrogen-bond acceptors (Lipinski definition) is 3. The predicted molar refractivity (Wildman–Crippen MR) is 153 cm³/mol. The van der Waals surface area contributed by atoms with Gasteiger partial charge in [0.1, 0.15) is 4.33 Å². The normalized spacial score (nSPS) is 11.7. The zero-order chi connectivity index (χ0) is 26.3. The third kappa shape index (κ3) is 7.93. The molecule has 7 heteroatoms. The van der Waals surface area contributed by atoms with Gasteiger partial charge in [0.2, 0.25) is 0 Å². The van der Waals surface area contributed by atoms with Crippen LogP contribution in [-0.4, -0.2) is 10.2 Å². The maximum absolute atomic E-state index is 12.6. The molecule has 0 aliphatic heterocycles. The van der Waals surface area contributed by atoms with Crippen molar-refractivity contribution in [2.75, 3.05) is 16.4 Å². The maximum atomic E-state index is 12.6. The van der Waals surface area contributed by atoms with Crippen molar-refractivity contribution in [2.45, 2.75) is 44.9 Å². The van der Waals surface area contributed by atoms with Crippen molar-refractivity contribution in [3.63, 3.8) is 0 Å². The third-order valence-electron chi connectivity index (χ3n) is 5.14. The van der Waals surface area contributed by atoms with Crippen molar-refractivity contribution in [3.05, 3.63) is 100 Å². The predicted octanol–water partition coefficient (Wildman–Crippen LogP) is 8.72. The van der Waals surface area contributed by atoms with Crippen molar-refractivity contribution in [2.24, 2.45) is 0 Å². The topological polar surface area (TPSA) is 67.1 Å². The van der Waals surface area contributed by atoms with Gasteiger partial charge in [0.15, 0.2) is 0 Å². The summed E-state index contributed by atoms with van der Waals surface area (Å²) in [7, 11) is 0. The number of carbonyl (C=O) groups excluding carboxylic acids is 1. The Balaban J connectivity index is 0.00000210. The first kappa shape index (κ1) is 28.6. The first-order valence-corrected chi connectivity index (χ1v) is 12.5. The molecule has 0 fully saturated rings. The number of aryl methyl sites for hydroxylation is 2. The van der Waals surface area contributed by atoms with E-state index in [0.29, 0.717) is 33.3 Å². The number of alkyl halides is 2. The van der Waals surface area contributed by atoms with E-state index in [1.807, 2.05) is 58.0 Å². The van der Waals surface area contributed by atoms with Crippen LogP contribution < -0.4 is 16.4 Å². The highest BCUT2D eigenvalue weighted by atomic mass is 35.5. The molecule has 3 rings (SSSR count). The first-order valence-electron chi connectivity index (χ1n) is 11.3. The Kier molecular flexibility index (Phi) is 10.1. The van der Waals surface area contributed by atoms with E-state index < -0.39 is 10.3 Å². The average Bonchev–Trinajstić information content (AvgIpc) is 2.76. The molecule has 0 radical (unpaired) electrons. The fourth-order valence-corrected chi connectivity index (χ4v) is 4.35. The van der Waals surface area contributed by atoms with Crippen molar-refractivity contribution in [1.29, 1.82) is 0 Å². The number of carbonyl (C=O) groups is 1. The second-order valence-corrected chi connectivity index (χ2v) is 10.4. The van der Waals surface area contributed by atoms with Crippen LogP contribution in [-0.2, 0) is 0 Å². The van der Waals surface area contributed by atoms with Crippen LogP contribution in [0.2, 0.25) is 5.02 Å². The highest BCUT2D eigenvalue weighted by Crippen LogP contribution is 2.43. The van der Waals surface area contributed by atoms with Gasteiger partial charge < -0.3 is 16.4 Å². The number of halogens is 3. The van der Waals surface area contributed by atoms with Gasteiger partial charge in [-0.2, -0.15) is 0 Å². The SMILES string of the molecule is C=C(Nc1ccc(Cl)c(NC(=O)c2ccc(C)cc2)c1)C(c1cc(C)cc(N)c1)C(C)(Cl)Cl.CC. The lowest BCUT2D eigenvalue weighted by atomic mass is 9.91. The summed E-state index contributed by atoms with van der Waals surface area (Å²) < 4.78 is -1.15. The summed E-state index contributed by atoms with van der Waals surface area (Å²) >= 11 is 19.4. The van der Waals surface area contributed by atoms with Gasteiger partial charge in [-0.05, 0) is 74.4 Å². The van der Waals surface area contributed by atoms with Gasteiger partial charge in [-0.1, -0.05) is 55.8 Å². The van der Waals surface area contributed by atoms with Crippen molar-refractivity contribution >= 4 is 57.8 Å². The molecular formula is C28H32Cl3N3O. The Hall–Kier alpha value is -2.66. The van der Waals surface area contributed by atoms with Crippen molar-refractivity contribution in [3.8, 4) is 0 Å². The van der Waals surface area contributed by atoms with Gasteiger partial charge in [-0.25, -0.2) is 0 Å². The Morgan fingerprint density at radius 1 is 0.943 bits per heavy atom. The monoisotopic (exact) mass is 531 g/mol. The maximum Gasteiger partial charge on any atom is 0.255 e. The molecule has 4 N–H and O–H groups in total. The second kappa shape index (κ2) is 12.3. The molecular weight excluding hydrogens is 501 g/mol.